The van der Waals surface area contributed by atoms with Gasteiger partial charge in [0.05, 0.1) is 31.5 Å². The molecule has 8 heteroatoms. The Morgan fingerprint density at radius 2 is 0.583 bits per heavy atom. The molecule has 0 saturated carbocycles. The van der Waals surface area contributed by atoms with Crippen molar-refractivity contribution in [1.29, 1.82) is 0 Å². The molecule has 0 saturated heterocycles. The van der Waals surface area contributed by atoms with Gasteiger partial charge < -0.3 is 9.80 Å². The summed E-state index contributed by atoms with van der Waals surface area (Å²) in [4.78, 5) is 33.8. The molecule has 4 nitrogen and oxygen atoms in total. The first-order chi connectivity index (χ1) is 35.2. The van der Waals surface area contributed by atoms with E-state index in [1.165, 1.54) is 205 Å². The number of hydrogen-bond acceptors (Lipinski definition) is 2. The monoisotopic (exact) mass is 1130 g/mol. The Morgan fingerprint density at radius 1 is 0.361 bits per heavy atom. The quantitative estimate of drug-likeness (QED) is 0.0490. The predicted octanol–water partition coefficient (Wildman–Crippen LogP) is 22.0. The normalized spacial score (nSPS) is 15.3. The van der Waals surface area contributed by atoms with Crippen LogP contribution in [0.5, 0.6) is 0 Å². The lowest BCUT2D eigenvalue weighted by atomic mass is 9.93. The van der Waals surface area contributed by atoms with E-state index in [2.05, 4.69) is 59.6 Å². The number of amides is 2. The van der Waals surface area contributed by atoms with E-state index in [0.29, 0.717) is 33.2 Å². The molecule has 2 aliphatic heterocycles. The van der Waals surface area contributed by atoms with Crippen molar-refractivity contribution in [2.75, 3.05) is 22.9 Å². The summed E-state index contributed by atoms with van der Waals surface area (Å²) < 4.78 is 34.0. The molecular weight excluding hydrogens is 1030 g/mol. The minimum Gasteiger partial charge on any atom is -0.305 e. The average molecular weight is 1130 g/mol. The lowest BCUT2D eigenvalue weighted by Gasteiger charge is -2.25. The van der Waals surface area contributed by atoms with E-state index in [0.717, 1.165) is 51.4 Å². The molecule has 0 N–H and O–H groups in total. The molecule has 408 valence electrons. The van der Waals surface area contributed by atoms with Crippen molar-refractivity contribution < 1.29 is 18.4 Å². The second kappa shape index (κ2) is 37.6. The van der Waals surface area contributed by atoms with Gasteiger partial charge in [0, 0.05) is 24.2 Å². The maximum Gasteiger partial charge on any atom is 0.259 e. The zero-order chi connectivity index (χ0) is 51.8. The molecule has 2 amide bonds. The highest BCUT2D eigenvalue weighted by molar-refractivity contribution is 9.10. The first-order valence-electron chi connectivity index (χ1n) is 30.5. The van der Waals surface area contributed by atoms with Crippen LogP contribution >= 0.6 is 31.9 Å². The smallest absolute Gasteiger partial charge is 0.259 e. The van der Waals surface area contributed by atoms with Crippen molar-refractivity contribution in [2.24, 2.45) is 11.8 Å². The molecule has 2 aromatic carbocycles. The van der Waals surface area contributed by atoms with Gasteiger partial charge >= 0.3 is 0 Å². The Morgan fingerprint density at radius 3 is 0.819 bits per heavy atom. The molecular formula is C64H102Br2F2N2O2. The SMILES string of the molecule is CCCCCCCCCCCCC(CCCCCCCCCC)CN1C(=O)/C(=C2\C(=O)N(CC(CCCCCCCCCC)CCCCCCCCCCCC)c3c2ccc(Br)c3F)c2ccc(Br)c(F)c21. The minimum atomic E-state index is -0.479. The molecule has 0 aromatic heterocycles. The highest BCUT2D eigenvalue weighted by Gasteiger charge is 2.45. The van der Waals surface area contributed by atoms with Crippen molar-refractivity contribution >= 4 is 66.2 Å². The van der Waals surface area contributed by atoms with Crippen molar-refractivity contribution in [3.63, 3.8) is 0 Å². The van der Waals surface area contributed by atoms with E-state index in [9.17, 15) is 0 Å². The first kappa shape index (κ1) is 62.5. The van der Waals surface area contributed by atoms with Crippen LogP contribution in [0.25, 0.3) is 11.1 Å². The number of carbonyl (C=O) groups excluding carboxylic acids is 2. The largest absolute Gasteiger partial charge is 0.305 e. The fourth-order valence-electron chi connectivity index (χ4n) is 11.7. The Balaban J connectivity index is 1.57. The third kappa shape index (κ3) is 21.2. The number of carbonyl (C=O) groups is 2. The van der Waals surface area contributed by atoms with Crippen LogP contribution in [0.1, 0.15) is 296 Å². The number of benzene rings is 2. The highest BCUT2D eigenvalue weighted by Crippen LogP contribution is 2.50. The number of anilines is 2. The molecule has 2 heterocycles. The van der Waals surface area contributed by atoms with Crippen molar-refractivity contribution in [1.82, 2.24) is 0 Å². The molecule has 2 unspecified atom stereocenters. The standard InChI is InChI=1S/C64H102Br2F2N2O2/c1-5-9-13-17-21-25-27-31-35-39-43-51(41-37-33-29-23-19-15-11-7-3)49-69-61-53(45-47-55(65)59(61)67)57(63(69)71)58-54-46-48-56(66)60(68)62(54)70(64(58)72)50-52(42-38-34-30-24-20-16-12-8-4)44-40-36-32-28-26-22-18-14-10-6-2/h45-48,51-52H,5-44,49-50H2,1-4H3/b58-57-. The van der Waals surface area contributed by atoms with Crippen LogP contribution in [0.3, 0.4) is 0 Å². The maximum atomic E-state index is 16.7. The minimum absolute atomic E-state index is 0.207. The van der Waals surface area contributed by atoms with Crippen LogP contribution < -0.4 is 9.80 Å². The Bertz CT molecular complexity index is 1730. The summed E-state index contributed by atoms with van der Waals surface area (Å²) >= 11 is 6.93. The first-order valence-corrected chi connectivity index (χ1v) is 32.1. The van der Waals surface area contributed by atoms with Gasteiger partial charge in [-0.05, 0) is 81.5 Å². The highest BCUT2D eigenvalue weighted by atomic mass is 79.9. The van der Waals surface area contributed by atoms with Crippen molar-refractivity contribution in [3.8, 4) is 0 Å². The molecule has 2 atom stereocenters. The second-order valence-corrected chi connectivity index (χ2v) is 24.0. The van der Waals surface area contributed by atoms with Crippen LogP contribution in [-0.4, -0.2) is 24.9 Å². The van der Waals surface area contributed by atoms with Gasteiger partial charge in [0.1, 0.15) is 0 Å². The summed E-state index contributed by atoms with van der Waals surface area (Å²) in [5.41, 5.74) is 1.80. The molecule has 2 aromatic rings. The molecule has 0 radical (unpaired) electrons. The molecule has 0 spiro atoms. The Kier molecular flexibility index (Phi) is 32.7. The van der Waals surface area contributed by atoms with Crippen molar-refractivity contribution in [3.05, 3.63) is 56.0 Å². The zero-order valence-electron chi connectivity index (χ0n) is 46.4. The topological polar surface area (TPSA) is 40.6 Å². The van der Waals surface area contributed by atoms with Crippen LogP contribution in [-0.2, 0) is 9.59 Å². The molecule has 2 aliphatic rings. The molecule has 72 heavy (non-hydrogen) atoms. The van der Waals surface area contributed by atoms with Crippen LogP contribution in [0.15, 0.2) is 33.2 Å². The van der Waals surface area contributed by atoms with E-state index >= 15 is 18.4 Å². The van der Waals surface area contributed by atoms with E-state index in [4.69, 9.17) is 0 Å². The van der Waals surface area contributed by atoms with Gasteiger partial charge in [0.25, 0.3) is 11.8 Å². The third-order valence-electron chi connectivity index (χ3n) is 16.1. The summed E-state index contributed by atoms with van der Waals surface area (Å²) in [5, 5.41) is 0. The summed E-state index contributed by atoms with van der Waals surface area (Å²) in [6.07, 6.45) is 49.1. The van der Waals surface area contributed by atoms with E-state index in [-0.39, 0.29) is 46.2 Å². The lowest BCUT2D eigenvalue weighted by Crippen LogP contribution is -2.34. The van der Waals surface area contributed by atoms with Gasteiger partial charge in [0.2, 0.25) is 0 Å². The average Bonchev–Trinajstić information content (AvgIpc) is 3.81. The Labute approximate surface area is 457 Å². The van der Waals surface area contributed by atoms with E-state index < -0.39 is 11.6 Å². The number of hydrogen-bond donors (Lipinski definition) is 0. The lowest BCUT2D eigenvalue weighted by molar-refractivity contribution is -0.114. The maximum absolute atomic E-state index is 16.7. The molecule has 0 fully saturated rings. The number of unbranched alkanes of at least 4 members (excludes halogenated alkanes) is 32. The number of fused-ring (bicyclic) bond motifs is 2. The number of halogens is 4. The van der Waals surface area contributed by atoms with Crippen molar-refractivity contribution in [2.45, 2.75) is 285 Å². The summed E-state index contributed by atoms with van der Waals surface area (Å²) in [6.45, 7) is 9.87. The Hall–Kier alpha value is -2.06. The van der Waals surface area contributed by atoms with Gasteiger partial charge in [-0.1, -0.05) is 271 Å². The molecule has 0 aliphatic carbocycles. The van der Waals surface area contributed by atoms with Crippen LogP contribution in [0.4, 0.5) is 20.2 Å². The van der Waals surface area contributed by atoms with Gasteiger partial charge in [-0.15, -0.1) is 0 Å². The summed E-state index contributed by atoms with van der Waals surface area (Å²) in [7, 11) is 0. The summed E-state index contributed by atoms with van der Waals surface area (Å²) in [5.74, 6) is -1.23. The van der Waals surface area contributed by atoms with Gasteiger partial charge in [-0.3, -0.25) is 9.59 Å². The van der Waals surface area contributed by atoms with E-state index in [1.54, 1.807) is 34.1 Å². The predicted molar refractivity (Wildman–Crippen MR) is 314 cm³/mol. The van der Waals surface area contributed by atoms with Crippen LogP contribution in [0.2, 0.25) is 0 Å². The summed E-state index contributed by atoms with van der Waals surface area (Å²) in [6, 6.07) is 6.89. The molecule has 4 rings (SSSR count). The zero-order valence-corrected chi connectivity index (χ0v) is 49.6. The molecule has 0 bridgehead atoms. The number of nitrogens with zero attached hydrogens (tertiary/aromatic N) is 2. The fourth-order valence-corrected chi connectivity index (χ4v) is 12.3. The van der Waals surface area contributed by atoms with Gasteiger partial charge in [-0.25, -0.2) is 8.78 Å². The van der Waals surface area contributed by atoms with Gasteiger partial charge in [0.15, 0.2) is 11.6 Å². The fraction of sp³-hybridized carbons (Fsp3) is 0.750. The van der Waals surface area contributed by atoms with E-state index in [1.807, 2.05) is 0 Å². The van der Waals surface area contributed by atoms with Gasteiger partial charge in [-0.2, -0.15) is 0 Å². The third-order valence-corrected chi connectivity index (χ3v) is 17.4. The number of rotatable bonds is 44. The van der Waals surface area contributed by atoms with Crippen LogP contribution in [0, 0.1) is 23.5 Å². The second-order valence-electron chi connectivity index (χ2n) is 22.3.